The minimum absolute atomic E-state index is 0.693. The third-order valence-electron chi connectivity index (χ3n) is 10.7. The fraction of sp³-hybridized carbons (Fsp3) is 0. The van der Waals surface area contributed by atoms with Gasteiger partial charge in [0.25, 0.3) is 0 Å². The molecule has 0 aliphatic carbocycles. The van der Waals surface area contributed by atoms with Crippen LogP contribution in [0.2, 0.25) is 0 Å². The van der Waals surface area contributed by atoms with Crippen molar-refractivity contribution in [1.82, 2.24) is 19.1 Å². The molecular weight excluding hydrogens is 657 g/mol. The van der Waals surface area contributed by atoms with Gasteiger partial charge in [-0.2, -0.15) is 0 Å². The van der Waals surface area contributed by atoms with Crippen molar-refractivity contribution in [3.05, 3.63) is 194 Å². The zero-order valence-electron chi connectivity index (χ0n) is 29.3. The maximum Gasteiger partial charge on any atom is 0.161 e. The van der Waals surface area contributed by atoms with E-state index < -0.39 is 0 Å². The lowest BCUT2D eigenvalue weighted by Crippen LogP contribution is -2.00. The summed E-state index contributed by atoms with van der Waals surface area (Å²) in [7, 11) is 0. The number of benzene rings is 8. The molecule has 0 spiro atoms. The van der Waals surface area contributed by atoms with Gasteiger partial charge in [0.05, 0.1) is 33.5 Å². The van der Waals surface area contributed by atoms with Gasteiger partial charge in [0, 0.05) is 49.6 Å². The Hall–Kier alpha value is -7.30. The maximum absolute atomic E-state index is 5.48. The summed E-state index contributed by atoms with van der Waals surface area (Å²) in [5.41, 5.74) is 11.6. The summed E-state index contributed by atoms with van der Waals surface area (Å²) in [5, 5.41) is 7.06. The number of nitrogens with zero attached hydrogens (tertiary/aromatic N) is 4. The first kappa shape index (κ1) is 30.3. The predicted molar refractivity (Wildman–Crippen MR) is 225 cm³/mol. The van der Waals surface area contributed by atoms with Crippen LogP contribution in [0.25, 0.3) is 99.7 Å². The van der Waals surface area contributed by atoms with E-state index >= 15 is 0 Å². The first-order valence-electron chi connectivity index (χ1n) is 18.3. The van der Waals surface area contributed by atoms with Crippen molar-refractivity contribution in [3.8, 4) is 45.3 Å². The number of rotatable bonds is 5. The van der Waals surface area contributed by atoms with Crippen LogP contribution in [-0.4, -0.2) is 19.1 Å². The Morgan fingerprint density at radius 2 is 0.722 bits per heavy atom. The predicted octanol–water partition coefficient (Wildman–Crippen LogP) is 12.8. The fourth-order valence-electron chi connectivity index (χ4n) is 8.41. The van der Waals surface area contributed by atoms with Gasteiger partial charge in [-0.1, -0.05) is 152 Å². The lowest BCUT2D eigenvalue weighted by Gasteiger charge is -2.15. The molecule has 0 saturated carbocycles. The molecule has 3 heterocycles. The third-order valence-corrected chi connectivity index (χ3v) is 10.7. The molecule has 0 unspecified atom stereocenters. The molecule has 0 bridgehead atoms. The molecule has 0 fully saturated rings. The van der Waals surface area contributed by atoms with E-state index in [1.54, 1.807) is 0 Å². The topological polar surface area (TPSA) is 35.6 Å². The summed E-state index contributed by atoms with van der Waals surface area (Å²) in [5.74, 6) is 0.693. The van der Waals surface area contributed by atoms with Crippen LogP contribution in [0.4, 0.5) is 0 Å². The van der Waals surface area contributed by atoms with Crippen molar-refractivity contribution >= 4 is 54.4 Å². The Bertz CT molecular complexity index is 3030. The molecule has 4 heteroatoms. The molecule has 0 amide bonds. The summed E-state index contributed by atoms with van der Waals surface area (Å²) in [6.07, 6.45) is 0. The van der Waals surface area contributed by atoms with Crippen LogP contribution in [0.15, 0.2) is 194 Å². The molecule has 0 radical (unpaired) electrons. The molecule has 11 aromatic rings. The van der Waals surface area contributed by atoms with E-state index in [0.29, 0.717) is 5.82 Å². The molecule has 252 valence electrons. The largest absolute Gasteiger partial charge is 0.309 e. The fourth-order valence-corrected chi connectivity index (χ4v) is 8.41. The molecule has 54 heavy (non-hydrogen) atoms. The molecule has 0 atom stereocenters. The first-order valence-corrected chi connectivity index (χ1v) is 18.3. The smallest absolute Gasteiger partial charge is 0.161 e. The molecule has 0 N–H and O–H groups in total. The Labute approximate surface area is 311 Å². The van der Waals surface area contributed by atoms with Crippen LogP contribution in [-0.2, 0) is 0 Å². The van der Waals surface area contributed by atoms with Gasteiger partial charge < -0.3 is 9.13 Å². The second kappa shape index (κ2) is 12.1. The summed E-state index contributed by atoms with van der Waals surface area (Å²) in [6.45, 7) is 0. The summed E-state index contributed by atoms with van der Waals surface area (Å²) >= 11 is 0. The highest BCUT2D eigenvalue weighted by Crippen LogP contribution is 2.42. The zero-order valence-corrected chi connectivity index (χ0v) is 29.3. The van der Waals surface area contributed by atoms with Crippen molar-refractivity contribution < 1.29 is 0 Å². The normalized spacial score (nSPS) is 11.7. The average molecular weight is 689 g/mol. The number of para-hydroxylation sites is 6. The van der Waals surface area contributed by atoms with Crippen LogP contribution in [0.3, 0.4) is 0 Å². The average Bonchev–Trinajstić information content (AvgIpc) is 3.77. The summed E-state index contributed by atoms with van der Waals surface area (Å²) in [4.78, 5) is 11.0. The highest BCUT2D eigenvalue weighted by atomic mass is 15.0. The number of hydrogen-bond acceptors (Lipinski definition) is 2. The van der Waals surface area contributed by atoms with Gasteiger partial charge in [0.15, 0.2) is 5.82 Å². The second-order valence-corrected chi connectivity index (χ2v) is 13.8. The maximum atomic E-state index is 5.48. The van der Waals surface area contributed by atoms with Crippen LogP contribution < -0.4 is 0 Å². The number of fused-ring (bicyclic) bond motifs is 7. The van der Waals surface area contributed by atoms with Crippen molar-refractivity contribution in [3.63, 3.8) is 0 Å². The Kier molecular flexibility index (Phi) is 6.82. The van der Waals surface area contributed by atoms with Crippen LogP contribution in [0.1, 0.15) is 0 Å². The molecule has 0 aliphatic heterocycles. The Morgan fingerprint density at radius 3 is 1.28 bits per heavy atom. The molecule has 8 aromatic carbocycles. The summed E-state index contributed by atoms with van der Waals surface area (Å²) < 4.78 is 4.76. The van der Waals surface area contributed by atoms with Gasteiger partial charge in [-0.3, -0.25) is 0 Å². The van der Waals surface area contributed by atoms with Gasteiger partial charge in [0.1, 0.15) is 0 Å². The van der Waals surface area contributed by atoms with Crippen molar-refractivity contribution in [1.29, 1.82) is 0 Å². The van der Waals surface area contributed by atoms with E-state index in [1.807, 2.05) is 0 Å². The van der Waals surface area contributed by atoms with E-state index in [-0.39, 0.29) is 0 Å². The molecule has 0 aliphatic rings. The zero-order chi connectivity index (χ0) is 35.6. The van der Waals surface area contributed by atoms with Gasteiger partial charge in [-0.15, -0.1) is 0 Å². The lowest BCUT2D eigenvalue weighted by atomic mass is 10.0. The Morgan fingerprint density at radius 1 is 0.315 bits per heavy atom. The van der Waals surface area contributed by atoms with Crippen LogP contribution in [0, 0.1) is 0 Å². The van der Waals surface area contributed by atoms with Crippen molar-refractivity contribution in [2.24, 2.45) is 0 Å². The molecule has 3 aromatic heterocycles. The van der Waals surface area contributed by atoms with E-state index in [4.69, 9.17) is 9.97 Å². The monoisotopic (exact) mass is 688 g/mol. The van der Waals surface area contributed by atoms with Gasteiger partial charge in [0.2, 0.25) is 0 Å². The number of aromatic nitrogens is 4. The van der Waals surface area contributed by atoms with Gasteiger partial charge >= 0.3 is 0 Å². The van der Waals surface area contributed by atoms with Crippen LogP contribution >= 0.6 is 0 Å². The molecule has 4 nitrogen and oxygen atoms in total. The molecule has 0 saturated heterocycles. The first-order chi connectivity index (χ1) is 26.8. The standard InChI is InChI=1S/C50H32N4/c1-3-18-34(19-4-1)53-46-30-11-9-23-37(46)39-25-14-28-42(48(39)53)44-32-45(52-50(51-44)41-27-13-17-33-16-7-8-22-36(33)41)43-29-15-26-40-38-24-10-12-31-47(38)54(49(40)43)35-20-5-2-6-21-35/h1-32H. The SMILES string of the molecule is c1ccc(-n2c3ccccc3c3cccc(-c4cc(-c5cccc6c7ccccc7n(-c7ccccc7)c56)nc(-c5cccc6ccccc56)n4)c32)cc1. The van der Waals surface area contributed by atoms with E-state index in [9.17, 15) is 0 Å². The van der Waals surface area contributed by atoms with Gasteiger partial charge in [-0.25, -0.2) is 9.97 Å². The highest BCUT2D eigenvalue weighted by molar-refractivity contribution is 6.15. The van der Waals surface area contributed by atoms with Crippen molar-refractivity contribution in [2.45, 2.75) is 0 Å². The van der Waals surface area contributed by atoms with E-state index in [2.05, 4.69) is 203 Å². The lowest BCUT2D eigenvalue weighted by molar-refractivity contribution is 1.16. The molecular formula is C50H32N4. The molecule has 11 rings (SSSR count). The van der Waals surface area contributed by atoms with Gasteiger partial charge in [-0.05, 0) is 53.2 Å². The van der Waals surface area contributed by atoms with E-state index in [0.717, 1.165) is 72.3 Å². The third kappa shape index (κ3) is 4.64. The highest BCUT2D eigenvalue weighted by Gasteiger charge is 2.22. The quantitative estimate of drug-likeness (QED) is 0.180. The Balaban J connectivity index is 1.27. The van der Waals surface area contributed by atoms with E-state index in [1.165, 1.54) is 21.5 Å². The second-order valence-electron chi connectivity index (χ2n) is 13.8. The number of hydrogen-bond donors (Lipinski definition) is 0. The summed E-state index contributed by atoms with van der Waals surface area (Å²) in [6, 6.07) is 68.9. The minimum atomic E-state index is 0.693. The minimum Gasteiger partial charge on any atom is -0.309 e. The van der Waals surface area contributed by atoms with Crippen LogP contribution in [0.5, 0.6) is 0 Å². The van der Waals surface area contributed by atoms with Crippen molar-refractivity contribution in [2.75, 3.05) is 0 Å².